The second kappa shape index (κ2) is 11.2. The number of rotatable bonds is 4. The number of aliphatic hydroxyl groups excluding tert-OH is 1. The van der Waals surface area contributed by atoms with Crippen LogP contribution in [0.1, 0.15) is 44.9 Å². The Labute approximate surface area is 236 Å². The van der Waals surface area contributed by atoms with Gasteiger partial charge in [-0.15, -0.1) is 0 Å². The molecule has 0 radical (unpaired) electrons. The Hall–Kier alpha value is -1.59. The molecular formula is C30H45FN4O5. The number of aliphatic hydroxyl groups is 1. The van der Waals surface area contributed by atoms with Crippen LogP contribution in [0.3, 0.4) is 0 Å². The summed E-state index contributed by atoms with van der Waals surface area (Å²) in [4.78, 5) is 36.3. The smallest absolute Gasteiger partial charge is 0.259 e. The maximum atomic E-state index is 16.3. The minimum Gasteiger partial charge on any atom is -0.395 e. The third-order valence-corrected chi connectivity index (χ3v) is 11.2. The van der Waals surface area contributed by atoms with Gasteiger partial charge in [-0.05, 0) is 37.5 Å². The van der Waals surface area contributed by atoms with Crippen LogP contribution in [0.2, 0.25) is 0 Å². The molecule has 3 saturated heterocycles. The van der Waals surface area contributed by atoms with Gasteiger partial charge in [-0.1, -0.05) is 19.3 Å². The van der Waals surface area contributed by atoms with E-state index < -0.39 is 24.2 Å². The maximum absolute atomic E-state index is 16.3. The molecule has 6 fully saturated rings. The molecule has 3 saturated carbocycles. The van der Waals surface area contributed by atoms with Crippen molar-refractivity contribution in [3.05, 3.63) is 11.8 Å². The van der Waals surface area contributed by atoms with E-state index in [9.17, 15) is 14.7 Å². The zero-order chi connectivity index (χ0) is 27.4. The average molecular weight is 561 g/mol. The van der Waals surface area contributed by atoms with Crippen LogP contribution in [-0.2, 0) is 19.1 Å². The topological polar surface area (TPSA) is 85.8 Å². The van der Waals surface area contributed by atoms with Gasteiger partial charge in [-0.3, -0.25) is 19.4 Å². The van der Waals surface area contributed by atoms with Crippen molar-refractivity contribution < 1.29 is 28.6 Å². The summed E-state index contributed by atoms with van der Waals surface area (Å²) in [6.45, 7) is 5.73. The van der Waals surface area contributed by atoms with Crippen LogP contribution < -0.4 is 0 Å². The van der Waals surface area contributed by atoms with Crippen molar-refractivity contribution in [3.8, 4) is 0 Å². The summed E-state index contributed by atoms with van der Waals surface area (Å²) in [5.74, 6) is 0.157. The van der Waals surface area contributed by atoms with E-state index in [0.717, 1.165) is 45.4 Å². The standard InChI is InChI=1S/C30H45FN4O5/c31-23-17-21-26-29(27(23)33-9-7-32(8-10-33)11-14-36)40-24-6-5-19-3-1-2-4-20(19)25(24)35(26)18-22(28(21)37)30(38)34-12-15-39-16-13-34/h18-21,23-27,29,36H,1-17H2. The fraction of sp³-hybridized carbons (Fsp3) is 0.867. The molecule has 1 amide bonds. The molecule has 9 unspecified atom stereocenters. The fourth-order valence-corrected chi connectivity index (χ4v) is 9.34. The average Bonchev–Trinajstić information content (AvgIpc) is 2.99. The molecule has 9 nitrogen and oxygen atoms in total. The van der Waals surface area contributed by atoms with Crippen molar-refractivity contribution in [2.75, 3.05) is 65.6 Å². The highest BCUT2D eigenvalue weighted by atomic mass is 19.1. The molecule has 7 rings (SSSR count). The van der Waals surface area contributed by atoms with Crippen molar-refractivity contribution in [2.24, 2.45) is 17.8 Å². The van der Waals surface area contributed by atoms with E-state index in [2.05, 4.69) is 14.7 Å². The molecule has 222 valence electrons. The van der Waals surface area contributed by atoms with Gasteiger partial charge in [0.2, 0.25) is 0 Å². The molecule has 9 atom stereocenters. The van der Waals surface area contributed by atoms with E-state index in [1.807, 2.05) is 6.20 Å². The Morgan fingerprint density at radius 3 is 2.52 bits per heavy atom. The zero-order valence-electron chi connectivity index (χ0n) is 23.5. The molecule has 10 heteroatoms. The van der Waals surface area contributed by atoms with Crippen LogP contribution >= 0.6 is 0 Å². The Kier molecular flexibility index (Phi) is 7.66. The lowest BCUT2D eigenvalue weighted by Gasteiger charge is -2.63. The molecule has 1 N–H and O–H groups in total. The highest BCUT2D eigenvalue weighted by Gasteiger charge is 2.61. The quantitative estimate of drug-likeness (QED) is 0.511. The summed E-state index contributed by atoms with van der Waals surface area (Å²) in [6.07, 6.45) is 7.43. The number of β-amino-alcohol motifs (C(OH)–C–C–N with tert-alkyl or cyclic N) is 1. The minimum atomic E-state index is -1.19. The lowest BCUT2D eigenvalue weighted by atomic mass is 9.63. The molecule has 0 spiro atoms. The summed E-state index contributed by atoms with van der Waals surface area (Å²) in [5.41, 5.74) is 0.240. The normalized spacial score (nSPS) is 42.5. The number of carbonyl (C=O) groups is 2. The van der Waals surface area contributed by atoms with Crippen molar-refractivity contribution in [1.82, 2.24) is 19.6 Å². The highest BCUT2D eigenvalue weighted by molar-refractivity contribution is 6.20. The molecule has 0 aromatic heterocycles. The minimum absolute atomic E-state index is 0.00563. The number of amides is 1. The van der Waals surface area contributed by atoms with Gasteiger partial charge in [0.1, 0.15) is 6.17 Å². The van der Waals surface area contributed by atoms with Crippen molar-refractivity contribution in [3.63, 3.8) is 0 Å². The zero-order valence-corrected chi connectivity index (χ0v) is 23.5. The molecule has 0 bridgehead atoms. The highest BCUT2D eigenvalue weighted by Crippen LogP contribution is 2.51. The third kappa shape index (κ3) is 4.62. The Morgan fingerprint density at radius 2 is 1.75 bits per heavy atom. The molecule has 0 aromatic rings. The first-order valence-corrected chi connectivity index (χ1v) is 15.8. The van der Waals surface area contributed by atoms with Gasteiger partial charge < -0.3 is 24.4 Å². The lowest BCUT2D eigenvalue weighted by Crippen LogP contribution is -2.75. The second-order valence-corrected chi connectivity index (χ2v) is 13.1. The number of piperazine rings is 1. The number of fused-ring (bicyclic) bond motifs is 4. The SMILES string of the molecule is O=C1C(C(=O)N2CCOCC2)=CN2C3C(CCC4CCCCC43)OC3C(N4CCN(CCO)CC4)C(F)CC1C32. The number of morpholine rings is 2. The predicted octanol–water partition coefficient (Wildman–Crippen LogP) is 1.06. The summed E-state index contributed by atoms with van der Waals surface area (Å²) in [6, 6.07) is -0.493. The van der Waals surface area contributed by atoms with Crippen LogP contribution in [0.5, 0.6) is 0 Å². The van der Waals surface area contributed by atoms with Crippen LogP contribution in [0, 0.1) is 17.8 Å². The van der Waals surface area contributed by atoms with Crippen molar-refractivity contribution in [1.29, 1.82) is 0 Å². The van der Waals surface area contributed by atoms with Crippen molar-refractivity contribution in [2.45, 2.75) is 81.5 Å². The number of carbonyl (C=O) groups excluding carboxylic acids is 2. The number of ether oxygens (including phenoxy) is 2. The Bertz CT molecular complexity index is 999. The fourth-order valence-electron chi connectivity index (χ4n) is 9.34. The van der Waals surface area contributed by atoms with Gasteiger partial charge >= 0.3 is 0 Å². The summed E-state index contributed by atoms with van der Waals surface area (Å²) in [5, 5.41) is 9.37. The molecule has 4 aliphatic heterocycles. The van der Waals surface area contributed by atoms with Gasteiger partial charge in [-0.2, -0.15) is 0 Å². The first kappa shape index (κ1) is 27.3. The van der Waals surface area contributed by atoms with Crippen LogP contribution in [-0.4, -0.2) is 139 Å². The first-order valence-electron chi connectivity index (χ1n) is 15.8. The second-order valence-electron chi connectivity index (χ2n) is 13.1. The van der Waals surface area contributed by atoms with Crippen LogP contribution in [0.15, 0.2) is 11.8 Å². The van der Waals surface area contributed by atoms with E-state index in [0.29, 0.717) is 44.7 Å². The molecule has 40 heavy (non-hydrogen) atoms. The van der Waals surface area contributed by atoms with E-state index in [1.165, 1.54) is 19.3 Å². The number of hydrogen-bond donors (Lipinski definition) is 1. The number of ketones is 1. The van der Waals surface area contributed by atoms with E-state index in [4.69, 9.17) is 9.47 Å². The summed E-state index contributed by atoms with van der Waals surface area (Å²) >= 11 is 0. The van der Waals surface area contributed by atoms with Gasteiger partial charge in [-0.25, -0.2) is 4.39 Å². The first-order chi connectivity index (χ1) is 19.5. The van der Waals surface area contributed by atoms with E-state index in [-0.39, 0.29) is 48.5 Å². The Morgan fingerprint density at radius 1 is 0.975 bits per heavy atom. The monoisotopic (exact) mass is 560 g/mol. The Balaban J connectivity index is 1.23. The van der Waals surface area contributed by atoms with Crippen LogP contribution in [0.25, 0.3) is 0 Å². The van der Waals surface area contributed by atoms with Crippen molar-refractivity contribution >= 4 is 11.7 Å². The lowest BCUT2D eigenvalue weighted by molar-refractivity contribution is -0.228. The maximum Gasteiger partial charge on any atom is 0.259 e. The number of hydrogen-bond acceptors (Lipinski definition) is 8. The third-order valence-electron chi connectivity index (χ3n) is 11.2. The molecular weight excluding hydrogens is 515 g/mol. The van der Waals surface area contributed by atoms with E-state index >= 15 is 4.39 Å². The summed E-state index contributed by atoms with van der Waals surface area (Å²) in [7, 11) is 0. The number of Topliss-reactive ketones (excluding diaryl/α,β-unsaturated/α-hetero) is 1. The molecule has 0 aromatic carbocycles. The van der Waals surface area contributed by atoms with Gasteiger partial charge in [0.05, 0.1) is 55.7 Å². The van der Waals surface area contributed by atoms with Crippen LogP contribution in [0.4, 0.5) is 4.39 Å². The molecule has 4 heterocycles. The molecule has 7 aliphatic rings. The number of nitrogens with zero attached hydrogens (tertiary/aromatic N) is 4. The summed E-state index contributed by atoms with van der Waals surface area (Å²) < 4.78 is 28.7. The largest absolute Gasteiger partial charge is 0.395 e. The van der Waals surface area contributed by atoms with Gasteiger partial charge in [0.15, 0.2) is 5.78 Å². The number of alkyl halides is 1. The number of halogens is 1. The van der Waals surface area contributed by atoms with Gasteiger partial charge in [0, 0.05) is 57.9 Å². The van der Waals surface area contributed by atoms with E-state index in [1.54, 1.807) is 4.90 Å². The molecule has 3 aliphatic carbocycles. The van der Waals surface area contributed by atoms with Gasteiger partial charge in [0.25, 0.3) is 5.91 Å². The predicted molar refractivity (Wildman–Crippen MR) is 145 cm³/mol.